The molecule has 3 aromatic rings. The first-order valence-corrected chi connectivity index (χ1v) is 10.8. The molecule has 1 aromatic carbocycles. The summed E-state index contributed by atoms with van der Waals surface area (Å²) in [6.45, 7) is 5.28. The standard InChI is InChI=1S/C18H20N4O2S2/c1-14-20-12-16(25-14)13-21-7-9-22(10-8-21)26(23,24)18-4-2-3-15-11-19-6-5-17(15)18/h2-6,11-12H,7-10,13H2,1H3. The highest BCUT2D eigenvalue weighted by atomic mass is 32.2. The number of pyridine rings is 1. The van der Waals surface area contributed by atoms with Crippen LogP contribution >= 0.6 is 11.3 Å². The van der Waals surface area contributed by atoms with E-state index in [0.29, 0.717) is 18.0 Å². The molecule has 2 aromatic heterocycles. The fourth-order valence-corrected chi connectivity index (χ4v) is 5.76. The van der Waals surface area contributed by atoms with Gasteiger partial charge in [-0.25, -0.2) is 13.4 Å². The van der Waals surface area contributed by atoms with Gasteiger partial charge in [-0.2, -0.15) is 4.31 Å². The highest BCUT2D eigenvalue weighted by Crippen LogP contribution is 2.26. The number of aromatic nitrogens is 2. The van der Waals surface area contributed by atoms with Crippen LogP contribution in [0.1, 0.15) is 9.88 Å². The molecule has 0 unspecified atom stereocenters. The van der Waals surface area contributed by atoms with E-state index in [1.807, 2.05) is 19.2 Å². The van der Waals surface area contributed by atoms with E-state index in [2.05, 4.69) is 14.9 Å². The summed E-state index contributed by atoms with van der Waals surface area (Å²) in [5.74, 6) is 0. The van der Waals surface area contributed by atoms with Gasteiger partial charge in [0.1, 0.15) is 0 Å². The SMILES string of the molecule is Cc1ncc(CN2CCN(S(=O)(=O)c3cccc4cnccc34)CC2)s1. The van der Waals surface area contributed by atoms with Gasteiger partial charge in [0.25, 0.3) is 0 Å². The van der Waals surface area contributed by atoms with Crippen molar-refractivity contribution < 1.29 is 8.42 Å². The lowest BCUT2D eigenvalue weighted by Crippen LogP contribution is -2.48. The summed E-state index contributed by atoms with van der Waals surface area (Å²) in [6, 6.07) is 7.12. The Bertz CT molecular complexity index is 1020. The maximum atomic E-state index is 13.1. The minimum atomic E-state index is -3.51. The van der Waals surface area contributed by atoms with Gasteiger partial charge in [-0.05, 0) is 19.1 Å². The van der Waals surface area contributed by atoms with Crippen molar-refractivity contribution >= 4 is 32.1 Å². The summed E-state index contributed by atoms with van der Waals surface area (Å²) in [5, 5.41) is 2.63. The van der Waals surface area contributed by atoms with Crippen molar-refractivity contribution in [2.45, 2.75) is 18.4 Å². The fourth-order valence-electron chi connectivity index (χ4n) is 3.28. The molecule has 1 saturated heterocycles. The molecule has 0 aliphatic carbocycles. The van der Waals surface area contributed by atoms with Gasteiger partial charge in [0.15, 0.2) is 0 Å². The number of nitrogens with zero attached hydrogens (tertiary/aromatic N) is 4. The highest BCUT2D eigenvalue weighted by Gasteiger charge is 2.29. The predicted molar refractivity (Wildman–Crippen MR) is 103 cm³/mol. The molecule has 0 amide bonds. The Labute approximate surface area is 157 Å². The van der Waals surface area contributed by atoms with Crippen LogP contribution < -0.4 is 0 Å². The van der Waals surface area contributed by atoms with E-state index in [4.69, 9.17) is 0 Å². The predicted octanol–water partition coefficient (Wildman–Crippen LogP) is 2.51. The average molecular weight is 389 g/mol. The molecule has 1 aliphatic rings. The van der Waals surface area contributed by atoms with E-state index in [-0.39, 0.29) is 0 Å². The Balaban J connectivity index is 1.51. The largest absolute Gasteiger partial charge is 0.296 e. The van der Waals surface area contributed by atoms with Gasteiger partial charge < -0.3 is 0 Å². The molecule has 0 spiro atoms. The molecular formula is C18H20N4O2S2. The molecule has 0 N–H and O–H groups in total. The lowest BCUT2D eigenvalue weighted by atomic mass is 10.2. The second-order valence-corrected chi connectivity index (χ2v) is 9.60. The normalized spacial score (nSPS) is 17.0. The van der Waals surface area contributed by atoms with Crippen LogP contribution in [0.5, 0.6) is 0 Å². The van der Waals surface area contributed by atoms with Gasteiger partial charge >= 0.3 is 0 Å². The molecule has 0 radical (unpaired) electrons. The number of piperazine rings is 1. The van der Waals surface area contributed by atoms with Gasteiger partial charge in [0.2, 0.25) is 10.0 Å². The first-order valence-electron chi connectivity index (χ1n) is 8.50. The molecule has 3 heterocycles. The summed E-state index contributed by atoms with van der Waals surface area (Å²) in [5.41, 5.74) is 0. The van der Waals surface area contributed by atoms with Gasteiger partial charge in [0, 0.05) is 67.0 Å². The number of hydrogen-bond donors (Lipinski definition) is 0. The number of sulfonamides is 1. The van der Waals surface area contributed by atoms with Crippen molar-refractivity contribution in [3.05, 3.63) is 52.7 Å². The summed E-state index contributed by atoms with van der Waals surface area (Å²) >= 11 is 1.70. The molecule has 1 fully saturated rings. The maximum Gasteiger partial charge on any atom is 0.243 e. The van der Waals surface area contributed by atoms with Crippen LogP contribution in [0, 0.1) is 6.92 Å². The molecule has 8 heteroatoms. The van der Waals surface area contributed by atoms with Crippen molar-refractivity contribution in [2.75, 3.05) is 26.2 Å². The van der Waals surface area contributed by atoms with E-state index < -0.39 is 10.0 Å². The van der Waals surface area contributed by atoms with Crippen LogP contribution in [-0.4, -0.2) is 53.8 Å². The van der Waals surface area contributed by atoms with Crippen LogP contribution in [0.2, 0.25) is 0 Å². The molecule has 1 aliphatic heterocycles. The third-order valence-electron chi connectivity index (χ3n) is 4.64. The zero-order chi connectivity index (χ0) is 18.1. The molecule has 136 valence electrons. The molecule has 26 heavy (non-hydrogen) atoms. The zero-order valence-corrected chi connectivity index (χ0v) is 16.1. The van der Waals surface area contributed by atoms with Crippen molar-refractivity contribution in [2.24, 2.45) is 0 Å². The third-order valence-corrected chi connectivity index (χ3v) is 7.49. The smallest absolute Gasteiger partial charge is 0.243 e. The second kappa shape index (κ2) is 7.03. The first kappa shape index (κ1) is 17.5. The lowest BCUT2D eigenvalue weighted by molar-refractivity contribution is 0.183. The Morgan fingerprint density at radius 2 is 1.92 bits per heavy atom. The summed E-state index contributed by atoms with van der Waals surface area (Å²) in [4.78, 5) is 12.2. The van der Waals surface area contributed by atoms with Crippen molar-refractivity contribution in [1.82, 2.24) is 19.2 Å². The van der Waals surface area contributed by atoms with Crippen LogP contribution in [0.15, 0.2) is 47.8 Å². The number of aryl methyl sites for hydroxylation is 1. The second-order valence-electron chi connectivity index (χ2n) is 6.38. The minimum Gasteiger partial charge on any atom is -0.296 e. The third kappa shape index (κ3) is 3.37. The highest BCUT2D eigenvalue weighted by molar-refractivity contribution is 7.89. The fraction of sp³-hybridized carbons (Fsp3) is 0.333. The van der Waals surface area contributed by atoms with Crippen LogP contribution in [0.25, 0.3) is 10.8 Å². The van der Waals surface area contributed by atoms with Gasteiger partial charge in [-0.15, -0.1) is 11.3 Å². The molecule has 0 bridgehead atoms. The van der Waals surface area contributed by atoms with Crippen molar-refractivity contribution in [3.8, 4) is 0 Å². The summed E-state index contributed by atoms with van der Waals surface area (Å²) < 4.78 is 27.9. The topological polar surface area (TPSA) is 66.4 Å². The molecule has 0 saturated carbocycles. The molecule has 0 atom stereocenters. The Hall–Kier alpha value is -1.87. The quantitative estimate of drug-likeness (QED) is 0.687. The number of thiazole rings is 1. The van der Waals surface area contributed by atoms with Crippen LogP contribution in [0.4, 0.5) is 0 Å². The van der Waals surface area contributed by atoms with E-state index in [1.54, 1.807) is 46.2 Å². The number of hydrogen-bond acceptors (Lipinski definition) is 6. The first-order chi connectivity index (χ1) is 12.5. The van der Waals surface area contributed by atoms with Crippen LogP contribution in [-0.2, 0) is 16.6 Å². The lowest BCUT2D eigenvalue weighted by Gasteiger charge is -2.33. The van der Waals surface area contributed by atoms with E-state index in [1.165, 1.54) is 4.88 Å². The minimum absolute atomic E-state index is 0.365. The van der Waals surface area contributed by atoms with Gasteiger partial charge in [-0.3, -0.25) is 9.88 Å². The monoisotopic (exact) mass is 388 g/mol. The Morgan fingerprint density at radius 1 is 1.12 bits per heavy atom. The maximum absolute atomic E-state index is 13.1. The molecular weight excluding hydrogens is 368 g/mol. The number of fused-ring (bicyclic) bond motifs is 1. The number of rotatable bonds is 4. The molecule has 6 nitrogen and oxygen atoms in total. The Morgan fingerprint density at radius 3 is 2.65 bits per heavy atom. The number of benzene rings is 1. The molecule has 4 rings (SSSR count). The summed E-state index contributed by atoms with van der Waals surface area (Å²) in [7, 11) is -3.51. The van der Waals surface area contributed by atoms with Crippen molar-refractivity contribution in [1.29, 1.82) is 0 Å². The average Bonchev–Trinajstić information content (AvgIpc) is 3.06. The van der Waals surface area contributed by atoms with E-state index in [9.17, 15) is 8.42 Å². The van der Waals surface area contributed by atoms with Gasteiger partial charge in [0.05, 0.1) is 9.90 Å². The summed E-state index contributed by atoms with van der Waals surface area (Å²) in [6.07, 6.45) is 5.24. The van der Waals surface area contributed by atoms with E-state index in [0.717, 1.165) is 35.4 Å². The Kier molecular flexibility index (Phi) is 4.74. The van der Waals surface area contributed by atoms with E-state index >= 15 is 0 Å². The zero-order valence-electron chi connectivity index (χ0n) is 14.5. The van der Waals surface area contributed by atoms with Crippen molar-refractivity contribution in [3.63, 3.8) is 0 Å². The van der Waals surface area contributed by atoms with Crippen LogP contribution in [0.3, 0.4) is 0 Å². The van der Waals surface area contributed by atoms with Gasteiger partial charge in [-0.1, -0.05) is 12.1 Å².